The van der Waals surface area contributed by atoms with Crippen molar-refractivity contribution in [2.75, 3.05) is 24.7 Å². The van der Waals surface area contributed by atoms with E-state index in [4.69, 9.17) is 14.6 Å². The third kappa shape index (κ3) is 10.4. The molecule has 0 fully saturated rings. The van der Waals surface area contributed by atoms with E-state index in [1.54, 1.807) is 6.92 Å². The standard InChI is InChI=1S/C27H34O7S2/c1-17(2)26(31)34-14-23(30)15-35-25-11-7-21(8-12-25)18(3)20-5-9-24(10-6-20)33-13-22(29)16-36-27(32)19(4)28/h5-9,11-12,18,22-24,28-30H,1,4,10,13-16H2,2-3H3. The summed E-state index contributed by atoms with van der Waals surface area (Å²) in [5.74, 6) is -0.303. The van der Waals surface area contributed by atoms with E-state index in [0.29, 0.717) is 17.7 Å². The van der Waals surface area contributed by atoms with Crippen LogP contribution >= 0.6 is 23.5 Å². The molecule has 1 aliphatic carbocycles. The lowest BCUT2D eigenvalue weighted by Crippen LogP contribution is -2.23. The molecule has 0 aliphatic heterocycles. The minimum absolute atomic E-state index is 0.0591. The Bertz CT molecular complexity index is 984. The molecule has 0 amide bonds. The first-order valence-corrected chi connectivity index (χ1v) is 13.5. The van der Waals surface area contributed by atoms with Crippen LogP contribution in [0.25, 0.3) is 0 Å². The van der Waals surface area contributed by atoms with Crippen molar-refractivity contribution in [3.8, 4) is 0 Å². The van der Waals surface area contributed by atoms with Gasteiger partial charge in [-0.2, -0.15) is 0 Å². The molecule has 0 radical (unpaired) electrons. The molecular formula is C27H34O7S2. The molecule has 196 valence electrons. The number of aliphatic hydroxyl groups excluding tert-OH is 3. The Morgan fingerprint density at radius 3 is 2.36 bits per heavy atom. The predicted octanol–water partition coefficient (Wildman–Crippen LogP) is 4.33. The second-order valence-corrected chi connectivity index (χ2v) is 10.6. The van der Waals surface area contributed by atoms with Crippen molar-refractivity contribution < 1.29 is 34.4 Å². The molecule has 9 heteroatoms. The van der Waals surface area contributed by atoms with E-state index in [9.17, 15) is 19.8 Å². The first-order valence-electron chi connectivity index (χ1n) is 11.5. The fourth-order valence-corrected chi connectivity index (χ4v) is 4.60. The molecular weight excluding hydrogens is 500 g/mol. The lowest BCUT2D eigenvalue weighted by molar-refractivity contribution is -0.141. The number of carbonyl (C=O) groups excluding carboxylic acids is 2. The second-order valence-electron chi connectivity index (χ2n) is 8.50. The van der Waals surface area contributed by atoms with Crippen LogP contribution in [0.2, 0.25) is 0 Å². The highest BCUT2D eigenvalue weighted by atomic mass is 32.2. The topological polar surface area (TPSA) is 113 Å². The summed E-state index contributed by atoms with van der Waals surface area (Å²) in [7, 11) is 0. The van der Waals surface area contributed by atoms with Gasteiger partial charge in [-0.15, -0.1) is 11.8 Å². The number of aliphatic hydroxyl groups is 3. The minimum atomic E-state index is -0.820. The van der Waals surface area contributed by atoms with Crippen LogP contribution in [0.15, 0.2) is 77.5 Å². The second kappa shape index (κ2) is 15.1. The van der Waals surface area contributed by atoms with Crippen molar-refractivity contribution in [2.45, 2.75) is 49.4 Å². The highest BCUT2D eigenvalue weighted by molar-refractivity contribution is 8.14. The number of hydrogen-bond acceptors (Lipinski definition) is 9. The number of thioether (sulfide) groups is 2. The van der Waals surface area contributed by atoms with E-state index in [-0.39, 0.29) is 31.0 Å². The van der Waals surface area contributed by atoms with Gasteiger partial charge in [-0.05, 0) is 36.6 Å². The summed E-state index contributed by atoms with van der Waals surface area (Å²) in [5.41, 5.74) is 2.64. The fraction of sp³-hybridized carbons (Fsp3) is 0.407. The van der Waals surface area contributed by atoms with Crippen LogP contribution in [0.5, 0.6) is 0 Å². The molecule has 4 unspecified atom stereocenters. The molecule has 1 aromatic rings. The van der Waals surface area contributed by atoms with Gasteiger partial charge >= 0.3 is 5.97 Å². The molecule has 4 atom stereocenters. The van der Waals surface area contributed by atoms with Crippen LogP contribution in [-0.2, 0) is 19.1 Å². The quantitative estimate of drug-likeness (QED) is 0.139. The maximum atomic E-state index is 11.4. The van der Waals surface area contributed by atoms with Gasteiger partial charge in [-0.1, -0.05) is 62.2 Å². The first kappa shape index (κ1) is 29.9. The van der Waals surface area contributed by atoms with Gasteiger partial charge in [0, 0.05) is 27.9 Å². The Morgan fingerprint density at radius 2 is 1.78 bits per heavy atom. The SMILES string of the molecule is C=C(C)C(=O)OCC(O)CSc1ccc(C(C)C2=CCC(OCC(O)CSC(=O)C(=C)O)C=C2)cc1. The molecule has 1 aliphatic rings. The zero-order valence-corrected chi connectivity index (χ0v) is 22.2. The summed E-state index contributed by atoms with van der Waals surface area (Å²) in [4.78, 5) is 23.7. The van der Waals surface area contributed by atoms with Crippen molar-refractivity contribution in [2.24, 2.45) is 0 Å². The lowest BCUT2D eigenvalue weighted by atomic mass is 9.89. The Balaban J connectivity index is 1.75. The molecule has 0 heterocycles. The monoisotopic (exact) mass is 534 g/mol. The Kier molecular flexibility index (Phi) is 12.5. The van der Waals surface area contributed by atoms with Gasteiger partial charge < -0.3 is 24.8 Å². The Labute approximate surface area is 221 Å². The normalized spacial score (nSPS) is 17.6. The average molecular weight is 535 g/mol. The number of benzene rings is 1. The van der Waals surface area contributed by atoms with Gasteiger partial charge in [0.2, 0.25) is 0 Å². The van der Waals surface area contributed by atoms with Gasteiger partial charge in [-0.25, -0.2) is 4.79 Å². The van der Waals surface area contributed by atoms with Gasteiger partial charge in [-0.3, -0.25) is 4.79 Å². The van der Waals surface area contributed by atoms with Crippen molar-refractivity contribution in [3.63, 3.8) is 0 Å². The summed E-state index contributed by atoms with van der Waals surface area (Å²) < 4.78 is 10.7. The van der Waals surface area contributed by atoms with Gasteiger partial charge in [0.05, 0.1) is 24.9 Å². The highest BCUT2D eigenvalue weighted by Gasteiger charge is 2.17. The molecule has 0 spiro atoms. The molecule has 0 aromatic heterocycles. The van der Waals surface area contributed by atoms with Crippen LogP contribution in [0.1, 0.15) is 31.7 Å². The molecule has 3 N–H and O–H groups in total. The van der Waals surface area contributed by atoms with Crippen molar-refractivity contribution >= 4 is 34.6 Å². The zero-order chi connectivity index (χ0) is 26.7. The highest BCUT2D eigenvalue weighted by Crippen LogP contribution is 2.30. The number of hydrogen-bond donors (Lipinski definition) is 3. The number of carbonyl (C=O) groups is 2. The molecule has 1 aromatic carbocycles. The molecule has 0 saturated carbocycles. The summed E-state index contributed by atoms with van der Waals surface area (Å²) >= 11 is 2.30. The number of allylic oxidation sites excluding steroid dienone is 2. The van der Waals surface area contributed by atoms with Crippen molar-refractivity contribution in [1.82, 2.24) is 0 Å². The van der Waals surface area contributed by atoms with E-state index in [1.807, 2.05) is 24.3 Å². The fourth-order valence-electron chi connectivity index (χ4n) is 3.18. The average Bonchev–Trinajstić information content (AvgIpc) is 2.87. The van der Waals surface area contributed by atoms with Crippen LogP contribution in [0, 0.1) is 0 Å². The third-order valence-corrected chi connectivity index (χ3v) is 7.52. The van der Waals surface area contributed by atoms with E-state index < -0.39 is 29.1 Å². The van der Waals surface area contributed by atoms with E-state index in [2.05, 4.69) is 38.3 Å². The molecule has 2 rings (SSSR count). The predicted molar refractivity (Wildman–Crippen MR) is 144 cm³/mol. The van der Waals surface area contributed by atoms with Gasteiger partial charge in [0.25, 0.3) is 5.12 Å². The van der Waals surface area contributed by atoms with Crippen LogP contribution < -0.4 is 0 Å². The number of esters is 1. The minimum Gasteiger partial charge on any atom is -0.504 e. The summed E-state index contributed by atoms with van der Waals surface area (Å²) in [6.45, 7) is 10.4. The van der Waals surface area contributed by atoms with Gasteiger partial charge in [0.1, 0.15) is 6.61 Å². The first-order chi connectivity index (χ1) is 17.1. The van der Waals surface area contributed by atoms with Crippen LogP contribution in [-0.4, -0.2) is 69.4 Å². The maximum absolute atomic E-state index is 11.4. The van der Waals surface area contributed by atoms with Crippen LogP contribution in [0.4, 0.5) is 0 Å². The Hall–Kier alpha value is -2.30. The summed E-state index contributed by atoms with van der Waals surface area (Å²) in [5, 5.41) is 28.4. The van der Waals surface area contributed by atoms with Gasteiger partial charge in [0.15, 0.2) is 5.76 Å². The van der Waals surface area contributed by atoms with E-state index in [1.165, 1.54) is 17.3 Å². The van der Waals surface area contributed by atoms with E-state index in [0.717, 1.165) is 22.2 Å². The van der Waals surface area contributed by atoms with Crippen molar-refractivity contribution in [1.29, 1.82) is 0 Å². The van der Waals surface area contributed by atoms with E-state index >= 15 is 0 Å². The molecule has 7 nitrogen and oxygen atoms in total. The lowest BCUT2D eigenvalue weighted by Gasteiger charge is -2.22. The summed E-state index contributed by atoms with van der Waals surface area (Å²) in [6, 6.07) is 8.15. The summed E-state index contributed by atoms with van der Waals surface area (Å²) in [6.07, 6.45) is 5.09. The third-order valence-electron chi connectivity index (χ3n) is 5.31. The smallest absolute Gasteiger partial charge is 0.333 e. The number of rotatable bonds is 14. The molecule has 0 bridgehead atoms. The maximum Gasteiger partial charge on any atom is 0.333 e. The van der Waals surface area contributed by atoms with Crippen molar-refractivity contribution in [3.05, 3.63) is 78.1 Å². The largest absolute Gasteiger partial charge is 0.504 e. The van der Waals surface area contributed by atoms with Crippen LogP contribution in [0.3, 0.4) is 0 Å². The number of ether oxygens (including phenoxy) is 2. The Morgan fingerprint density at radius 1 is 1.11 bits per heavy atom. The molecule has 36 heavy (non-hydrogen) atoms. The zero-order valence-electron chi connectivity index (χ0n) is 20.6. The molecule has 0 saturated heterocycles.